The molecule has 1 amide bonds. The van der Waals surface area contributed by atoms with Gasteiger partial charge in [0.05, 0.1) is 5.56 Å². The highest BCUT2D eigenvalue weighted by atomic mass is 19.4. The number of amides is 1. The molecule has 0 atom stereocenters. The molecule has 2 rings (SSSR count). The number of hydrogen-bond acceptors (Lipinski definition) is 3. The molecule has 0 aliphatic carbocycles. The molecule has 0 radical (unpaired) electrons. The summed E-state index contributed by atoms with van der Waals surface area (Å²) in [5.41, 5.74) is 0.142. The maximum absolute atomic E-state index is 12.5. The molecule has 0 fully saturated rings. The van der Waals surface area contributed by atoms with Gasteiger partial charge in [-0.1, -0.05) is 0 Å². The number of alkyl halides is 3. The second-order valence-electron chi connectivity index (χ2n) is 5.38. The van der Waals surface area contributed by atoms with E-state index in [9.17, 15) is 22.8 Å². The van der Waals surface area contributed by atoms with Gasteiger partial charge in [-0.15, -0.1) is 0 Å². The van der Waals surface area contributed by atoms with Crippen molar-refractivity contribution in [1.82, 2.24) is 9.55 Å². The molecule has 0 bridgehead atoms. The number of halogens is 3. The van der Waals surface area contributed by atoms with E-state index in [0.29, 0.717) is 17.1 Å². The molecule has 5 nitrogen and oxygen atoms in total. The van der Waals surface area contributed by atoms with Crippen LogP contribution in [0.2, 0.25) is 0 Å². The maximum Gasteiger partial charge on any atom is 0.416 e. The van der Waals surface area contributed by atoms with Crippen LogP contribution in [0, 0.1) is 20.8 Å². The number of aromatic nitrogens is 2. The number of nitrogens with one attached hydrogen (secondary N) is 1. The predicted molar refractivity (Wildman–Crippen MR) is 82.8 cm³/mol. The van der Waals surface area contributed by atoms with Gasteiger partial charge in [0.15, 0.2) is 0 Å². The zero-order chi connectivity index (χ0) is 18.1. The molecule has 1 aromatic carbocycles. The highest BCUT2D eigenvalue weighted by Gasteiger charge is 2.30. The Hall–Kier alpha value is -2.64. The molecule has 1 aromatic heterocycles. The number of carbonyl (C=O) groups excluding carboxylic acids is 1. The zero-order valence-corrected chi connectivity index (χ0v) is 13.4. The standard InChI is InChI=1S/C16H16F3N3O2/c1-9-10(2)20-11(3)22(15(9)24)8-14(23)21-13-6-4-12(5-7-13)16(17,18)19/h4-7H,8H2,1-3H3,(H,21,23). The summed E-state index contributed by atoms with van der Waals surface area (Å²) < 4.78 is 38.7. The first-order valence-electron chi connectivity index (χ1n) is 7.11. The van der Waals surface area contributed by atoms with E-state index >= 15 is 0 Å². The Morgan fingerprint density at radius 1 is 1.17 bits per heavy atom. The Labute approximate surface area is 136 Å². The number of benzene rings is 1. The second kappa shape index (κ2) is 6.46. The van der Waals surface area contributed by atoms with Crippen LogP contribution in [0.3, 0.4) is 0 Å². The predicted octanol–water partition coefficient (Wildman–Crippen LogP) is 2.83. The fourth-order valence-electron chi connectivity index (χ4n) is 2.16. The molecular formula is C16H16F3N3O2. The quantitative estimate of drug-likeness (QED) is 0.935. The first-order valence-corrected chi connectivity index (χ1v) is 7.11. The van der Waals surface area contributed by atoms with Crippen molar-refractivity contribution in [3.8, 4) is 0 Å². The van der Waals surface area contributed by atoms with Gasteiger partial charge in [0.25, 0.3) is 5.56 Å². The summed E-state index contributed by atoms with van der Waals surface area (Å²) >= 11 is 0. The van der Waals surface area contributed by atoms with Crippen LogP contribution in [0.25, 0.3) is 0 Å². The van der Waals surface area contributed by atoms with Crippen LogP contribution >= 0.6 is 0 Å². The molecule has 0 aliphatic heterocycles. The summed E-state index contributed by atoms with van der Waals surface area (Å²) in [5.74, 6) is -0.129. The van der Waals surface area contributed by atoms with E-state index in [0.717, 1.165) is 24.3 Å². The smallest absolute Gasteiger partial charge is 0.325 e. The lowest BCUT2D eigenvalue weighted by molar-refractivity contribution is -0.137. The molecule has 1 heterocycles. The van der Waals surface area contributed by atoms with Crippen LogP contribution in [0.15, 0.2) is 29.1 Å². The number of aryl methyl sites for hydroxylation is 2. The molecule has 2 aromatic rings. The van der Waals surface area contributed by atoms with Gasteiger partial charge in [-0.2, -0.15) is 13.2 Å². The minimum absolute atomic E-state index is 0.218. The molecule has 0 saturated heterocycles. The van der Waals surface area contributed by atoms with E-state index in [4.69, 9.17) is 0 Å². The SMILES string of the molecule is Cc1nc(C)n(CC(=O)Nc2ccc(C(F)(F)F)cc2)c(=O)c1C. The summed E-state index contributed by atoms with van der Waals surface area (Å²) in [6, 6.07) is 4.08. The Kier molecular flexibility index (Phi) is 4.77. The summed E-state index contributed by atoms with van der Waals surface area (Å²) in [6.45, 7) is 4.67. The molecule has 0 saturated carbocycles. The Morgan fingerprint density at radius 3 is 2.29 bits per heavy atom. The van der Waals surface area contributed by atoms with Gasteiger partial charge in [0.1, 0.15) is 12.4 Å². The first kappa shape index (κ1) is 17.7. The van der Waals surface area contributed by atoms with Crippen LogP contribution in [0.4, 0.5) is 18.9 Å². The third kappa shape index (κ3) is 3.81. The number of carbonyl (C=O) groups is 1. The largest absolute Gasteiger partial charge is 0.416 e. The highest BCUT2D eigenvalue weighted by molar-refractivity contribution is 5.90. The van der Waals surface area contributed by atoms with Crippen LogP contribution in [0.5, 0.6) is 0 Å². The van der Waals surface area contributed by atoms with Gasteiger partial charge in [-0.3, -0.25) is 14.2 Å². The molecule has 0 unspecified atom stereocenters. The molecule has 0 aliphatic rings. The van der Waals surface area contributed by atoms with Crippen molar-refractivity contribution in [3.63, 3.8) is 0 Å². The average Bonchev–Trinajstić information content (AvgIpc) is 2.49. The highest BCUT2D eigenvalue weighted by Crippen LogP contribution is 2.29. The van der Waals surface area contributed by atoms with Crippen molar-refractivity contribution in [3.05, 3.63) is 57.3 Å². The van der Waals surface area contributed by atoms with Gasteiger partial charge in [0, 0.05) is 16.9 Å². The summed E-state index contributed by atoms with van der Waals surface area (Å²) in [6.07, 6.45) is -4.43. The molecular weight excluding hydrogens is 323 g/mol. The van der Waals surface area contributed by atoms with E-state index in [2.05, 4.69) is 10.3 Å². The molecule has 8 heteroatoms. The van der Waals surface area contributed by atoms with Gasteiger partial charge in [-0.25, -0.2) is 4.98 Å². The number of anilines is 1. The van der Waals surface area contributed by atoms with Crippen molar-refractivity contribution >= 4 is 11.6 Å². The molecule has 24 heavy (non-hydrogen) atoms. The van der Waals surface area contributed by atoms with Crippen LogP contribution in [0.1, 0.15) is 22.6 Å². The Morgan fingerprint density at radius 2 is 1.75 bits per heavy atom. The van der Waals surface area contributed by atoms with E-state index < -0.39 is 17.6 Å². The summed E-state index contributed by atoms with van der Waals surface area (Å²) in [7, 11) is 0. The Bertz CT molecular complexity index is 824. The number of rotatable bonds is 3. The molecule has 0 spiro atoms. The van der Waals surface area contributed by atoms with E-state index in [1.165, 1.54) is 4.57 Å². The lowest BCUT2D eigenvalue weighted by Crippen LogP contribution is -2.32. The number of hydrogen-bond donors (Lipinski definition) is 1. The molecule has 128 valence electrons. The van der Waals surface area contributed by atoms with Crippen molar-refractivity contribution in [2.75, 3.05) is 5.32 Å². The second-order valence-corrected chi connectivity index (χ2v) is 5.38. The molecule has 1 N–H and O–H groups in total. The zero-order valence-electron chi connectivity index (χ0n) is 13.4. The monoisotopic (exact) mass is 339 g/mol. The van der Waals surface area contributed by atoms with Gasteiger partial charge < -0.3 is 5.32 Å². The minimum Gasteiger partial charge on any atom is -0.325 e. The van der Waals surface area contributed by atoms with E-state index in [-0.39, 0.29) is 17.8 Å². The van der Waals surface area contributed by atoms with E-state index in [1.807, 2.05) is 0 Å². The van der Waals surface area contributed by atoms with Gasteiger partial charge in [-0.05, 0) is 45.0 Å². The van der Waals surface area contributed by atoms with Crippen molar-refractivity contribution in [1.29, 1.82) is 0 Å². The van der Waals surface area contributed by atoms with Crippen molar-refractivity contribution < 1.29 is 18.0 Å². The third-order valence-electron chi connectivity index (χ3n) is 3.63. The number of nitrogens with zero attached hydrogens (tertiary/aromatic N) is 2. The topological polar surface area (TPSA) is 64.0 Å². The normalized spacial score (nSPS) is 11.4. The lowest BCUT2D eigenvalue weighted by Gasteiger charge is -2.12. The summed E-state index contributed by atoms with van der Waals surface area (Å²) in [4.78, 5) is 28.4. The minimum atomic E-state index is -4.43. The van der Waals surface area contributed by atoms with Crippen LogP contribution in [-0.4, -0.2) is 15.5 Å². The maximum atomic E-state index is 12.5. The lowest BCUT2D eigenvalue weighted by atomic mass is 10.2. The first-order chi connectivity index (χ1) is 11.1. The van der Waals surface area contributed by atoms with Gasteiger partial charge >= 0.3 is 6.18 Å². The fraction of sp³-hybridized carbons (Fsp3) is 0.312. The van der Waals surface area contributed by atoms with Crippen molar-refractivity contribution in [2.24, 2.45) is 0 Å². The third-order valence-corrected chi connectivity index (χ3v) is 3.63. The van der Waals surface area contributed by atoms with Gasteiger partial charge in [0.2, 0.25) is 5.91 Å². The van der Waals surface area contributed by atoms with E-state index in [1.54, 1.807) is 20.8 Å². The van der Waals surface area contributed by atoms with Crippen molar-refractivity contribution in [2.45, 2.75) is 33.5 Å². The van der Waals surface area contributed by atoms with Crippen LogP contribution in [-0.2, 0) is 17.5 Å². The Balaban J connectivity index is 2.15. The van der Waals surface area contributed by atoms with Crippen LogP contribution < -0.4 is 10.9 Å². The fourth-order valence-corrected chi connectivity index (χ4v) is 2.16. The summed E-state index contributed by atoms with van der Waals surface area (Å²) in [5, 5.41) is 2.46. The average molecular weight is 339 g/mol.